The first-order valence-electron chi connectivity index (χ1n) is 6.83. The van der Waals surface area contributed by atoms with Crippen molar-refractivity contribution < 1.29 is 8.42 Å². The first-order valence-corrected chi connectivity index (χ1v) is 9.67. The Bertz CT molecular complexity index is 543. The van der Waals surface area contributed by atoms with Gasteiger partial charge in [-0.1, -0.05) is 18.6 Å². The standard InChI is InChI=1S/C14H22N2O2S2/c1-10(16-13-4-3-5-14(13)19-2)11-6-8-12(9-7-11)20(15,17)18/h6-10,13-14,16H,3-5H2,1-2H3,(H2,15,17,18). The van der Waals surface area contributed by atoms with Gasteiger partial charge in [0.15, 0.2) is 0 Å². The number of benzene rings is 1. The topological polar surface area (TPSA) is 72.2 Å². The van der Waals surface area contributed by atoms with Gasteiger partial charge in [-0.05, 0) is 43.7 Å². The van der Waals surface area contributed by atoms with Crippen LogP contribution in [0.2, 0.25) is 0 Å². The number of rotatable bonds is 5. The van der Waals surface area contributed by atoms with Crippen LogP contribution in [0.25, 0.3) is 0 Å². The molecule has 1 fully saturated rings. The van der Waals surface area contributed by atoms with Gasteiger partial charge in [0, 0.05) is 17.3 Å². The Kier molecular flexibility index (Phi) is 5.12. The van der Waals surface area contributed by atoms with Crippen LogP contribution in [-0.4, -0.2) is 26.0 Å². The second-order valence-corrected chi connectivity index (χ2v) is 7.95. The summed E-state index contributed by atoms with van der Waals surface area (Å²) in [5, 5.41) is 9.44. The molecule has 0 aliphatic heterocycles. The summed E-state index contributed by atoms with van der Waals surface area (Å²) in [6.07, 6.45) is 5.93. The highest BCUT2D eigenvalue weighted by Gasteiger charge is 2.27. The molecule has 0 bridgehead atoms. The van der Waals surface area contributed by atoms with Crippen molar-refractivity contribution in [2.24, 2.45) is 5.14 Å². The van der Waals surface area contributed by atoms with Crippen molar-refractivity contribution in [1.82, 2.24) is 5.32 Å². The van der Waals surface area contributed by atoms with Gasteiger partial charge in [0.25, 0.3) is 0 Å². The molecule has 0 radical (unpaired) electrons. The Hall–Kier alpha value is -0.560. The minimum absolute atomic E-state index is 0.163. The van der Waals surface area contributed by atoms with Gasteiger partial charge in [0.05, 0.1) is 4.90 Å². The van der Waals surface area contributed by atoms with Crippen molar-refractivity contribution in [2.45, 2.75) is 48.4 Å². The van der Waals surface area contributed by atoms with Gasteiger partial charge in [-0.3, -0.25) is 0 Å². The maximum Gasteiger partial charge on any atom is 0.238 e. The summed E-state index contributed by atoms with van der Waals surface area (Å²) in [5.74, 6) is 0. The van der Waals surface area contributed by atoms with Crippen LogP contribution < -0.4 is 10.5 Å². The lowest BCUT2D eigenvalue weighted by molar-refractivity contribution is 0.467. The predicted molar refractivity (Wildman–Crippen MR) is 84.3 cm³/mol. The number of sulfonamides is 1. The summed E-state index contributed by atoms with van der Waals surface area (Å²) in [6, 6.07) is 7.56. The lowest BCUT2D eigenvalue weighted by Gasteiger charge is -2.24. The minimum Gasteiger partial charge on any atom is -0.306 e. The molecule has 4 nitrogen and oxygen atoms in total. The van der Waals surface area contributed by atoms with Crippen LogP contribution in [0.1, 0.15) is 37.8 Å². The number of hydrogen-bond acceptors (Lipinski definition) is 4. The zero-order chi connectivity index (χ0) is 14.8. The van der Waals surface area contributed by atoms with E-state index in [0.29, 0.717) is 11.3 Å². The first kappa shape index (κ1) is 15.8. The highest BCUT2D eigenvalue weighted by atomic mass is 32.2. The smallest absolute Gasteiger partial charge is 0.238 e. The van der Waals surface area contributed by atoms with Crippen molar-refractivity contribution in [3.63, 3.8) is 0 Å². The summed E-state index contributed by atoms with van der Waals surface area (Å²) >= 11 is 1.93. The van der Waals surface area contributed by atoms with Gasteiger partial charge in [-0.25, -0.2) is 13.6 Å². The number of thioether (sulfide) groups is 1. The van der Waals surface area contributed by atoms with Crippen LogP contribution in [0.3, 0.4) is 0 Å². The van der Waals surface area contributed by atoms with Crippen LogP contribution in [0.15, 0.2) is 29.2 Å². The third kappa shape index (κ3) is 3.75. The second-order valence-electron chi connectivity index (χ2n) is 5.31. The fourth-order valence-corrected chi connectivity index (χ4v) is 4.22. The van der Waals surface area contributed by atoms with E-state index < -0.39 is 10.0 Å². The first-order chi connectivity index (χ1) is 9.41. The summed E-state index contributed by atoms with van der Waals surface area (Å²) < 4.78 is 22.5. The molecular formula is C14H22N2O2S2. The molecule has 1 aromatic carbocycles. The van der Waals surface area contributed by atoms with E-state index in [9.17, 15) is 8.42 Å². The van der Waals surface area contributed by atoms with Gasteiger partial charge in [-0.15, -0.1) is 0 Å². The predicted octanol–water partition coefficient (Wildman–Crippen LogP) is 2.27. The molecule has 0 aromatic heterocycles. The monoisotopic (exact) mass is 314 g/mol. The molecule has 112 valence electrons. The second kappa shape index (κ2) is 6.47. The summed E-state index contributed by atoms with van der Waals surface area (Å²) in [4.78, 5) is 0.163. The summed E-state index contributed by atoms with van der Waals surface area (Å²) in [6.45, 7) is 2.11. The SMILES string of the molecule is CSC1CCCC1NC(C)c1ccc(S(N)(=O)=O)cc1. The Morgan fingerprint density at radius 2 is 1.95 bits per heavy atom. The highest BCUT2D eigenvalue weighted by molar-refractivity contribution is 7.99. The fraction of sp³-hybridized carbons (Fsp3) is 0.571. The zero-order valence-electron chi connectivity index (χ0n) is 11.9. The molecule has 0 spiro atoms. The molecule has 1 aliphatic rings. The Labute approximate surface area is 125 Å². The van der Waals surface area contributed by atoms with Gasteiger partial charge < -0.3 is 5.32 Å². The Morgan fingerprint density at radius 3 is 2.50 bits per heavy atom. The molecule has 3 atom stereocenters. The van der Waals surface area contributed by atoms with Gasteiger partial charge in [-0.2, -0.15) is 11.8 Å². The van der Waals surface area contributed by atoms with Gasteiger partial charge in [0.1, 0.15) is 0 Å². The molecule has 0 saturated heterocycles. The van der Waals surface area contributed by atoms with E-state index in [1.54, 1.807) is 12.1 Å². The van der Waals surface area contributed by atoms with Crippen LogP contribution in [-0.2, 0) is 10.0 Å². The molecule has 1 aromatic rings. The minimum atomic E-state index is -3.60. The van der Waals surface area contributed by atoms with Crippen molar-refractivity contribution in [3.8, 4) is 0 Å². The number of hydrogen-bond donors (Lipinski definition) is 2. The molecule has 2 rings (SSSR count). The number of primary sulfonamides is 1. The molecule has 1 saturated carbocycles. The molecular weight excluding hydrogens is 292 g/mol. The molecule has 3 N–H and O–H groups in total. The maximum atomic E-state index is 11.2. The summed E-state index contributed by atoms with van der Waals surface area (Å²) in [5.41, 5.74) is 1.09. The van der Waals surface area contributed by atoms with E-state index in [-0.39, 0.29) is 10.9 Å². The van der Waals surface area contributed by atoms with Crippen molar-refractivity contribution in [1.29, 1.82) is 0 Å². The quantitative estimate of drug-likeness (QED) is 0.874. The summed E-state index contributed by atoms with van der Waals surface area (Å²) in [7, 11) is -3.60. The number of nitrogens with one attached hydrogen (secondary N) is 1. The Morgan fingerprint density at radius 1 is 1.30 bits per heavy atom. The van der Waals surface area contributed by atoms with E-state index in [1.807, 2.05) is 23.9 Å². The lowest BCUT2D eigenvalue weighted by atomic mass is 10.1. The van der Waals surface area contributed by atoms with Crippen LogP contribution in [0.5, 0.6) is 0 Å². The molecule has 6 heteroatoms. The zero-order valence-corrected chi connectivity index (χ0v) is 13.5. The average Bonchev–Trinajstić information content (AvgIpc) is 2.85. The molecule has 0 amide bonds. The maximum absolute atomic E-state index is 11.2. The molecule has 0 heterocycles. The molecule has 1 aliphatic carbocycles. The van der Waals surface area contributed by atoms with E-state index >= 15 is 0 Å². The third-order valence-corrected chi connectivity index (χ3v) is 6.03. The van der Waals surface area contributed by atoms with E-state index in [2.05, 4.69) is 18.5 Å². The Balaban J connectivity index is 2.04. The van der Waals surface area contributed by atoms with E-state index in [1.165, 1.54) is 19.3 Å². The van der Waals surface area contributed by atoms with Crippen molar-refractivity contribution in [3.05, 3.63) is 29.8 Å². The number of nitrogens with two attached hydrogens (primary N) is 1. The molecule has 3 unspecified atom stereocenters. The van der Waals surface area contributed by atoms with Crippen molar-refractivity contribution in [2.75, 3.05) is 6.26 Å². The average molecular weight is 314 g/mol. The van der Waals surface area contributed by atoms with E-state index in [4.69, 9.17) is 5.14 Å². The normalized spacial score (nSPS) is 24.8. The highest BCUT2D eigenvalue weighted by Crippen LogP contribution is 2.30. The van der Waals surface area contributed by atoms with Gasteiger partial charge >= 0.3 is 0 Å². The molecule has 20 heavy (non-hydrogen) atoms. The largest absolute Gasteiger partial charge is 0.306 e. The fourth-order valence-electron chi connectivity index (χ4n) is 2.76. The van der Waals surface area contributed by atoms with E-state index in [0.717, 1.165) is 5.56 Å². The van der Waals surface area contributed by atoms with Crippen LogP contribution in [0, 0.1) is 0 Å². The third-order valence-electron chi connectivity index (χ3n) is 3.93. The van der Waals surface area contributed by atoms with Crippen LogP contribution >= 0.6 is 11.8 Å². The lowest BCUT2D eigenvalue weighted by Crippen LogP contribution is -2.35. The van der Waals surface area contributed by atoms with Gasteiger partial charge in [0.2, 0.25) is 10.0 Å². The van der Waals surface area contributed by atoms with Crippen LogP contribution in [0.4, 0.5) is 0 Å². The van der Waals surface area contributed by atoms with Crippen molar-refractivity contribution >= 4 is 21.8 Å².